The van der Waals surface area contributed by atoms with Crippen LogP contribution in [-0.2, 0) is 21.8 Å². The lowest BCUT2D eigenvalue weighted by Gasteiger charge is -2.38. The number of benzene rings is 2. The Kier molecular flexibility index (Phi) is 5.90. The smallest absolute Gasteiger partial charge is 0.274 e. The molecule has 1 aromatic heterocycles. The third-order valence-electron chi connectivity index (χ3n) is 6.84. The van der Waals surface area contributed by atoms with E-state index in [4.69, 9.17) is 14.6 Å². The molecular formula is C26H28N4O3S. The number of thioether (sulfide) groups is 1. The summed E-state index contributed by atoms with van der Waals surface area (Å²) in [5.41, 5.74) is 5.99. The molecule has 0 N–H and O–H groups in total. The van der Waals surface area contributed by atoms with Crippen LogP contribution in [-0.4, -0.2) is 78.1 Å². The molecule has 8 heteroatoms. The average molecular weight is 477 g/mol. The van der Waals surface area contributed by atoms with Crippen molar-refractivity contribution in [2.24, 2.45) is 0 Å². The fraction of sp³-hybridized carbons (Fsp3) is 0.385. The predicted molar refractivity (Wildman–Crippen MR) is 131 cm³/mol. The van der Waals surface area contributed by atoms with Crippen LogP contribution in [0, 0.1) is 0 Å². The van der Waals surface area contributed by atoms with Gasteiger partial charge in [-0.1, -0.05) is 30.3 Å². The van der Waals surface area contributed by atoms with Crippen LogP contribution < -0.4 is 0 Å². The molecule has 34 heavy (non-hydrogen) atoms. The van der Waals surface area contributed by atoms with Gasteiger partial charge < -0.3 is 14.4 Å². The SMILES string of the molecule is COC1CN(Cc2ccc(-n3nc(C(=O)N4CCOCC4)c4c3-c3ccccc3SC4)cc2)C1. The summed E-state index contributed by atoms with van der Waals surface area (Å²) in [7, 11) is 1.77. The molecule has 3 aromatic rings. The van der Waals surface area contributed by atoms with Gasteiger partial charge in [-0.05, 0) is 23.8 Å². The minimum atomic E-state index is 0.000354. The molecule has 2 aromatic carbocycles. The summed E-state index contributed by atoms with van der Waals surface area (Å²) in [6, 6.07) is 17.0. The number of ether oxygens (including phenoxy) is 2. The molecule has 4 heterocycles. The number of fused-ring (bicyclic) bond motifs is 3. The average Bonchev–Trinajstić information content (AvgIpc) is 3.26. The molecule has 176 valence electrons. The van der Waals surface area contributed by atoms with E-state index in [9.17, 15) is 4.79 Å². The normalized spacial score (nSPS) is 18.3. The van der Waals surface area contributed by atoms with Crippen molar-refractivity contribution < 1.29 is 14.3 Å². The molecule has 7 nitrogen and oxygen atoms in total. The number of morpholine rings is 1. The third-order valence-corrected chi connectivity index (χ3v) is 7.94. The van der Waals surface area contributed by atoms with Crippen LogP contribution in [0.2, 0.25) is 0 Å². The third kappa shape index (κ3) is 3.94. The zero-order chi connectivity index (χ0) is 23.1. The highest BCUT2D eigenvalue weighted by Crippen LogP contribution is 2.43. The van der Waals surface area contributed by atoms with Crippen LogP contribution in [0.5, 0.6) is 0 Å². The van der Waals surface area contributed by atoms with Crippen molar-refractivity contribution in [3.63, 3.8) is 0 Å². The molecule has 6 rings (SSSR count). The Morgan fingerprint density at radius 1 is 1.12 bits per heavy atom. The number of methoxy groups -OCH3 is 1. The van der Waals surface area contributed by atoms with Crippen LogP contribution in [0.15, 0.2) is 53.4 Å². The maximum Gasteiger partial charge on any atom is 0.274 e. The van der Waals surface area contributed by atoms with Crippen molar-refractivity contribution in [3.05, 3.63) is 65.4 Å². The van der Waals surface area contributed by atoms with E-state index >= 15 is 0 Å². The second kappa shape index (κ2) is 9.19. The molecule has 0 atom stereocenters. The van der Waals surface area contributed by atoms with E-state index in [2.05, 4.69) is 53.4 Å². The number of amides is 1. The van der Waals surface area contributed by atoms with Crippen molar-refractivity contribution in [1.29, 1.82) is 0 Å². The summed E-state index contributed by atoms with van der Waals surface area (Å²) in [6.07, 6.45) is 0.357. The van der Waals surface area contributed by atoms with Crippen LogP contribution in [0.4, 0.5) is 0 Å². The lowest BCUT2D eigenvalue weighted by molar-refractivity contribution is -0.0333. The summed E-state index contributed by atoms with van der Waals surface area (Å²) < 4.78 is 12.8. The lowest BCUT2D eigenvalue weighted by Crippen LogP contribution is -2.50. The Bertz CT molecular complexity index is 1200. The number of carbonyl (C=O) groups is 1. The number of rotatable bonds is 5. The fourth-order valence-corrected chi connectivity index (χ4v) is 5.95. The van der Waals surface area contributed by atoms with Gasteiger partial charge in [-0.15, -0.1) is 11.8 Å². The quantitative estimate of drug-likeness (QED) is 0.562. The first-order valence-corrected chi connectivity index (χ1v) is 12.8. The Hall–Kier alpha value is -2.65. The fourth-order valence-electron chi connectivity index (χ4n) is 4.88. The summed E-state index contributed by atoms with van der Waals surface area (Å²) in [4.78, 5) is 18.9. The van der Waals surface area contributed by atoms with Crippen LogP contribution >= 0.6 is 11.8 Å². The highest BCUT2D eigenvalue weighted by atomic mass is 32.2. The lowest BCUT2D eigenvalue weighted by atomic mass is 10.0. The van der Waals surface area contributed by atoms with Gasteiger partial charge in [0.2, 0.25) is 0 Å². The Labute approximate surface area is 203 Å². The largest absolute Gasteiger partial charge is 0.379 e. The Morgan fingerprint density at radius 3 is 2.65 bits per heavy atom. The van der Waals surface area contributed by atoms with Crippen LogP contribution in [0.3, 0.4) is 0 Å². The number of likely N-dealkylation sites (tertiary alicyclic amines) is 1. The zero-order valence-electron chi connectivity index (χ0n) is 19.3. The zero-order valence-corrected chi connectivity index (χ0v) is 20.1. The van der Waals surface area contributed by atoms with Gasteiger partial charge in [-0.3, -0.25) is 9.69 Å². The minimum Gasteiger partial charge on any atom is -0.379 e. The molecule has 2 fully saturated rings. The van der Waals surface area contributed by atoms with E-state index in [0.717, 1.165) is 47.9 Å². The Balaban J connectivity index is 1.35. The maximum atomic E-state index is 13.5. The van der Waals surface area contributed by atoms with E-state index in [0.29, 0.717) is 38.1 Å². The number of hydrogen-bond acceptors (Lipinski definition) is 6. The van der Waals surface area contributed by atoms with Gasteiger partial charge in [-0.25, -0.2) is 4.68 Å². The molecule has 0 radical (unpaired) electrons. The van der Waals surface area contributed by atoms with Crippen molar-refractivity contribution in [3.8, 4) is 16.9 Å². The molecular weight excluding hydrogens is 448 g/mol. The first kappa shape index (κ1) is 21.9. The van der Waals surface area contributed by atoms with Gasteiger partial charge in [0.1, 0.15) is 0 Å². The van der Waals surface area contributed by atoms with Gasteiger partial charge in [-0.2, -0.15) is 5.10 Å². The van der Waals surface area contributed by atoms with Gasteiger partial charge in [0.25, 0.3) is 5.91 Å². The van der Waals surface area contributed by atoms with Gasteiger partial charge in [0, 0.05) is 61.6 Å². The van der Waals surface area contributed by atoms with Crippen molar-refractivity contribution >= 4 is 17.7 Å². The highest BCUT2D eigenvalue weighted by Gasteiger charge is 2.32. The molecule has 2 saturated heterocycles. The second-order valence-electron chi connectivity index (χ2n) is 9.00. The topological polar surface area (TPSA) is 59.8 Å². The molecule has 3 aliphatic rings. The van der Waals surface area contributed by atoms with Crippen molar-refractivity contribution in [2.45, 2.75) is 23.3 Å². The molecule has 0 spiro atoms. The molecule has 1 amide bonds. The maximum absolute atomic E-state index is 13.5. The Morgan fingerprint density at radius 2 is 1.88 bits per heavy atom. The van der Waals surface area contributed by atoms with Gasteiger partial charge in [0.05, 0.1) is 30.7 Å². The monoisotopic (exact) mass is 476 g/mol. The number of carbonyl (C=O) groups excluding carboxylic acids is 1. The summed E-state index contributed by atoms with van der Waals surface area (Å²) in [5, 5.41) is 4.92. The van der Waals surface area contributed by atoms with E-state index in [1.54, 1.807) is 18.9 Å². The first-order valence-electron chi connectivity index (χ1n) is 11.8. The summed E-state index contributed by atoms with van der Waals surface area (Å²) in [5.74, 6) is 0.742. The van der Waals surface area contributed by atoms with Crippen molar-refractivity contribution in [2.75, 3.05) is 46.5 Å². The molecule has 0 bridgehead atoms. The number of nitrogens with zero attached hydrogens (tertiary/aromatic N) is 4. The van der Waals surface area contributed by atoms with E-state index < -0.39 is 0 Å². The highest BCUT2D eigenvalue weighted by molar-refractivity contribution is 7.98. The number of hydrogen-bond donors (Lipinski definition) is 0. The van der Waals surface area contributed by atoms with E-state index in [1.165, 1.54) is 10.5 Å². The first-order chi connectivity index (χ1) is 16.7. The number of aromatic nitrogens is 2. The molecule has 3 aliphatic heterocycles. The van der Waals surface area contributed by atoms with Crippen molar-refractivity contribution in [1.82, 2.24) is 19.6 Å². The predicted octanol–water partition coefficient (Wildman–Crippen LogP) is 3.45. The molecule has 0 unspecified atom stereocenters. The molecule has 0 saturated carbocycles. The summed E-state index contributed by atoms with van der Waals surface area (Å²) in [6.45, 7) is 5.25. The minimum absolute atomic E-state index is 0.000354. The summed E-state index contributed by atoms with van der Waals surface area (Å²) >= 11 is 1.77. The van der Waals surface area contributed by atoms with E-state index in [1.807, 2.05) is 9.58 Å². The van der Waals surface area contributed by atoms with Crippen LogP contribution in [0.1, 0.15) is 21.6 Å². The van der Waals surface area contributed by atoms with E-state index in [-0.39, 0.29) is 5.91 Å². The second-order valence-corrected chi connectivity index (χ2v) is 10.0. The molecule has 0 aliphatic carbocycles. The van der Waals surface area contributed by atoms with Gasteiger partial charge in [0.15, 0.2) is 5.69 Å². The van der Waals surface area contributed by atoms with Crippen LogP contribution in [0.25, 0.3) is 16.9 Å². The van der Waals surface area contributed by atoms with Gasteiger partial charge >= 0.3 is 0 Å². The standard InChI is InChI=1S/C26H28N4O3S/c1-32-20-15-28(16-20)14-18-6-8-19(9-7-18)30-25-21-4-2-3-5-23(21)34-17-22(25)24(27-30)26(31)29-10-12-33-13-11-29/h2-9,20H,10-17H2,1H3.